The molecule has 2 unspecified atom stereocenters. The normalized spacial score (nSPS) is 13.2. The van der Waals surface area contributed by atoms with Gasteiger partial charge in [-0.05, 0) is 43.7 Å². The minimum absolute atomic E-state index is 0.0570. The van der Waals surface area contributed by atoms with Crippen molar-refractivity contribution in [2.45, 2.75) is 32.4 Å². The van der Waals surface area contributed by atoms with Gasteiger partial charge in [0, 0.05) is 12.5 Å². The largest absolute Gasteiger partial charge is 0.467 e. The zero-order valence-corrected chi connectivity index (χ0v) is 13.4. The first kappa shape index (κ1) is 17.7. The molecule has 6 nitrogen and oxygen atoms in total. The Labute approximate surface area is 138 Å². The number of nitrogens with one attached hydrogen (secondary N) is 2. The summed E-state index contributed by atoms with van der Waals surface area (Å²) in [6, 6.07) is 6.99. The molecule has 24 heavy (non-hydrogen) atoms. The molecule has 0 aliphatic heterocycles. The van der Waals surface area contributed by atoms with Gasteiger partial charge in [-0.2, -0.15) is 0 Å². The van der Waals surface area contributed by atoms with Crippen LogP contribution in [-0.2, 0) is 9.59 Å². The second kappa shape index (κ2) is 7.74. The number of anilines is 1. The van der Waals surface area contributed by atoms with E-state index in [0.717, 1.165) is 5.56 Å². The molecular weight excluding hydrogens is 315 g/mol. The van der Waals surface area contributed by atoms with Crippen LogP contribution in [0.4, 0.5) is 10.1 Å². The molecule has 3 N–H and O–H groups in total. The summed E-state index contributed by atoms with van der Waals surface area (Å²) in [5.41, 5.74) is 0.695. The zero-order valence-electron chi connectivity index (χ0n) is 13.4. The van der Waals surface area contributed by atoms with Gasteiger partial charge in [0.2, 0.25) is 0 Å². The van der Waals surface area contributed by atoms with Crippen molar-refractivity contribution >= 4 is 17.5 Å². The van der Waals surface area contributed by atoms with E-state index in [0.29, 0.717) is 5.76 Å². The standard InChI is InChI=1S/C17H19FN2O4/c1-10-5-6-12(18)13(8-10)20-17(23)16(22)19-11(2)9-14(21)15-4-3-7-24-15/h3-8,11,14,21H,9H2,1-2H3,(H,19,22)(H,20,23). The minimum Gasteiger partial charge on any atom is -0.467 e. The fraction of sp³-hybridized carbons (Fsp3) is 0.294. The minimum atomic E-state index is -0.973. The molecule has 1 aromatic carbocycles. The highest BCUT2D eigenvalue weighted by Crippen LogP contribution is 2.18. The molecule has 1 heterocycles. The Bertz CT molecular complexity index is 715. The number of amides is 2. The van der Waals surface area contributed by atoms with Crippen LogP contribution in [0.5, 0.6) is 0 Å². The molecule has 1 aromatic heterocycles. The lowest BCUT2D eigenvalue weighted by Crippen LogP contribution is -2.41. The molecule has 0 fully saturated rings. The molecule has 2 rings (SSSR count). The van der Waals surface area contributed by atoms with Gasteiger partial charge in [0.25, 0.3) is 0 Å². The number of halogens is 1. The number of aliphatic hydroxyl groups is 1. The third kappa shape index (κ3) is 4.66. The van der Waals surface area contributed by atoms with Gasteiger partial charge >= 0.3 is 11.8 Å². The number of furan rings is 1. The van der Waals surface area contributed by atoms with Crippen molar-refractivity contribution in [3.8, 4) is 0 Å². The Hall–Kier alpha value is -2.67. The maximum absolute atomic E-state index is 13.6. The first-order valence-electron chi connectivity index (χ1n) is 7.46. The third-order valence-electron chi connectivity index (χ3n) is 3.40. The van der Waals surface area contributed by atoms with Gasteiger partial charge in [-0.15, -0.1) is 0 Å². The summed E-state index contributed by atoms with van der Waals surface area (Å²) in [6.07, 6.45) is 0.712. The first-order valence-corrected chi connectivity index (χ1v) is 7.46. The van der Waals surface area contributed by atoms with E-state index >= 15 is 0 Å². The van der Waals surface area contributed by atoms with Crippen molar-refractivity contribution in [1.82, 2.24) is 5.32 Å². The van der Waals surface area contributed by atoms with E-state index in [-0.39, 0.29) is 12.1 Å². The highest BCUT2D eigenvalue weighted by atomic mass is 19.1. The van der Waals surface area contributed by atoms with Crippen molar-refractivity contribution in [2.75, 3.05) is 5.32 Å². The zero-order chi connectivity index (χ0) is 17.7. The summed E-state index contributed by atoms with van der Waals surface area (Å²) in [7, 11) is 0. The predicted molar refractivity (Wildman–Crippen MR) is 85.7 cm³/mol. The smallest absolute Gasteiger partial charge is 0.313 e. The number of aliphatic hydroxyl groups excluding tert-OH is 1. The van der Waals surface area contributed by atoms with Gasteiger partial charge in [0.1, 0.15) is 17.7 Å². The second-order valence-corrected chi connectivity index (χ2v) is 5.58. The van der Waals surface area contributed by atoms with Crippen molar-refractivity contribution in [2.24, 2.45) is 0 Å². The highest BCUT2D eigenvalue weighted by Gasteiger charge is 2.20. The van der Waals surface area contributed by atoms with Crippen LogP contribution in [0.25, 0.3) is 0 Å². The summed E-state index contributed by atoms with van der Waals surface area (Å²) in [4.78, 5) is 23.7. The Morgan fingerprint density at radius 3 is 2.71 bits per heavy atom. The van der Waals surface area contributed by atoms with E-state index < -0.39 is 29.8 Å². The fourth-order valence-electron chi connectivity index (χ4n) is 2.19. The van der Waals surface area contributed by atoms with Crippen LogP contribution >= 0.6 is 0 Å². The summed E-state index contributed by atoms with van der Waals surface area (Å²) < 4.78 is 18.7. The van der Waals surface area contributed by atoms with Gasteiger partial charge in [0.05, 0.1) is 12.0 Å². The molecular formula is C17H19FN2O4. The quantitative estimate of drug-likeness (QED) is 0.732. The van der Waals surface area contributed by atoms with Gasteiger partial charge < -0.3 is 20.2 Å². The number of rotatable bonds is 5. The van der Waals surface area contributed by atoms with Crippen LogP contribution in [-0.4, -0.2) is 23.0 Å². The molecule has 7 heteroatoms. The third-order valence-corrected chi connectivity index (χ3v) is 3.40. The molecule has 0 bridgehead atoms. The fourth-order valence-corrected chi connectivity index (χ4v) is 2.19. The highest BCUT2D eigenvalue weighted by molar-refractivity contribution is 6.39. The monoisotopic (exact) mass is 334 g/mol. The average molecular weight is 334 g/mol. The average Bonchev–Trinajstić information content (AvgIpc) is 3.05. The molecule has 128 valence electrons. The second-order valence-electron chi connectivity index (χ2n) is 5.58. The van der Waals surface area contributed by atoms with E-state index in [1.165, 1.54) is 18.4 Å². The van der Waals surface area contributed by atoms with Crippen LogP contribution < -0.4 is 10.6 Å². The lowest BCUT2D eigenvalue weighted by atomic mass is 10.1. The number of benzene rings is 1. The van der Waals surface area contributed by atoms with Gasteiger partial charge in [-0.1, -0.05) is 6.07 Å². The van der Waals surface area contributed by atoms with E-state index in [1.807, 2.05) is 0 Å². The van der Waals surface area contributed by atoms with Gasteiger partial charge in [-0.25, -0.2) is 4.39 Å². The molecule has 2 aromatic rings. The topological polar surface area (TPSA) is 91.6 Å². The van der Waals surface area contributed by atoms with Crippen LogP contribution in [0, 0.1) is 12.7 Å². The number of hydrogen-bond acceptors (Lipinski definition) is 4. The van der Waals surface area contributed by atoms with E-state index in [9.17, 15) is 19.1 Å². The Balaban J connectivity index is 1.89. The van der Waals surface area contributed by atoms with Crippen molar-refractivity contribution in [3.05, 3.63) is 53.7 Å². The molecule has 0 aliphatic rings. The molecule has 0 spiro atoms. The summed E-state index contributed by atoms with van der Waals surface area (Å²) in [5, 5.41) is 14.6. The van der Waals surface area contributed by atoms with Gasteiger partial charge in [-0.3, -0.25) is 9.59 Å². The van der Waals surface area contributed by atoms with Crippen LogP contribution in [0.1, 0.15) is 30.8 Å². The number of carbonyl (C=O) groups excluding carboxylic acids is 2. The van der Waals surface area contributed by atoms with E-state index in [4.69, 9.17) is 4.42 Å². The molecule has 2 amide bonds. The van der Waals surface area contributed by atoms with Crippen LogP contribution in [0.15, 0.2) is 41.0 Å². The lowest BCUT2D eigenvalue weighted by molar-refractivity contribution is -0.136. The van der Waals surface area contributed by atoms with E-state index in [1.54, 1.807) is 32.0 Å². The maximum atomic E-state index is 13.6. The molecule has 0 radical (unpaired) electrons. The number of aryl methyl sites for hydroxylation is 1. The first-order chi connectivity index (χ1) is 11.4. The van der Waals surface area contributed by atoms with Crippen LogP contribution in [0.3, 0.4) is 0 Å². The Morgan fingerprint density at radius 1 is 1.29 bits per heavy atom. The van der Waals surface area contributed by atoms with Crippen molar-refractivity contribution in [1.29, 1.82) is 0 Å². The summed E-state index contributed by atoms with van der Waals surface area (Å²) >= 11 is 0. The van der Waals surface area contributed by atoms with Gasteiger partial charge in [0.15, 0.2) is 0 Å². The van der Waals surface area contributed by atoms with E-state index in [2.05, 4.69) is 10.6 Å². The lowest BCUT2D eigenvalue weighted by Gasteiger charge is -2.16. The predicted octanol–water partition coefficient (Wildman–Crippen LogP) is 2.29. The SMILES string of the molecule is Cc1ccc(F)c(NC(=O)C(=O)NC(C)CC(O)c2ccco2)c1. The molecule has 0 saturated heterocycles. The van der Waals surface area contributed by atoms with Crippen LogP contribution in [0.2, 0.25) is 0 Å². The maximum Gasteiger partial charge on any atom is 0.313 e. The molecule has 0 aliphatic carbocycles. The number of carbonyl (C=O) groups is 2. The van der Waals surface area contributed by atoms with Crippen molar-refractivity contribution < 1.29 is 23.5 Å². The number of hydrogen-bond donors (Lipinski definition) is 3. The molecule has 2 atom stereocenters. The van der Waals surface area contributed by atoms with Crippen molar-refractivity contribution in [3.63, 3.8) is 0 Å². The Morgan fingerprint density at radius 2 is 2.04 bits per heavy atom. The summed E-state index contributed by atoms with van der Waals surface area (Å²) in [6.45, 7) is 3.39. The summed E-state index contributed by atoms with van der Waals surface area (Å²) in [5.74, 6) is -2.13. The molecule has 0 saturated carbocycles. The Kier molecular flexibility index (Phi) is 5.70.